The minimum absolute atomic E-state index is 0.0740. The molecule has 0 unspecified atom stereocenters. The maximum absolute atomic E-state index is 13.2. The molecular weight excluding hydrogens is 438 g/mol. The highest BCUT2D eigenvalue weighted by molar-refractivity contribution is 7.17. The summed E-state index contributed by atoms with van der Waals surface area (Å²) >= 11 is 1.47. The Balaban J connectivity index is 1.20. The van der Waals surface area contributed by atoms with E-state index in [1.165, 1.54) is 16.9 Å². The van der Waals surface area contributed by atoms with Crippen LogP contribution in [0.2, 0.25) is 0 Å². The molecular formula is C25H27N3O4S. The summed E-state index contributed by atoms with van der Waals surface area (Å²) in [6, 6.07) is 14.0. The zero-order chi connectivity index (χ0) is 22.8. The number of carbonyl (C=O) groups is 1. The second-order valence-electron chi connectivity index (χ2n) is 8.15. The summed E-state index contributed by atoms with van der Waals surface area (Å²) in [6.07, 6.45) is 0. The average Bonchev–Trinajstić information content (AvgIpc) is 3.46. The van der Waals surface area contributed by atoms with Gasteiger partial charge in [-0.1, -0.05) is 6.07 Å². The average molecular weight is 466 g/mol. The minimum Gasteiger partial charge on any atom is -0.494 e. The molecule has 1 amide bonds. The van der Waals surface area contributed by atoms with Gasteiger partial charge < -0.3 is 19.1 Å². The van der Waals surface area contributed by atoms with E-state index in [0.29, 0.717) is 19.7 Å². The molecule has 172 valence electrons. The lowest BCUT2D eigenvalue weighted by atomic mass is 10.1. The van der Waals surface area contributed by atoms with Crippen molar-refractivity contribution < 1.29 is 19.0 Å². The number of hydrogen-bond acceptors (Lipinski definition) is 7. The zero-order valence-corrected chi connectivity index (χ0v) is 19.7. The van der Waals surface area contributed by atoms with Gasteiger partial charge in [0.1, 0.15) is 15.6 Å². The van der Waals surface area contributed by atoms with Gasteiger partial charge >= 0.3 is 0 Å². The number of piperazine rings is 1. The molecule has 0 atom stereocenters. The number of nitrogens with zero attached hydrogens (tertiary/aromatic N) is 3. The van der Waals surface area contributed by atoms with Crippen molar-refractivity contribution in [2.45, 2.75) is 20.4 Å². The Morgan fingerprint density at radius 1 is 1.06 bits per heavy atom. The van der Waals surface area contributed by atoms with Gasteiger partial charge in [-0.05, 0) is 55.8 Å². The number of rotatable bonds is 6. The van der Waals surface area contributed by atoms with Crippen LogP contribution in [0.1, 0.15) is 27.9 Å². The molecule has 3 aromatic rings. The fourth-order valence-corrected chi connectivity index (χ4v) is 5.17. The number of aromatic nitrogens is 1. The predicted molar refractivity (Wildman–Crippen MR) is 127 cm³/mol. The molecule has 2 aromatic carbocycles. The van der Waals surface area contributed by atoms with Crippen LogP contribution in [0.15, 0.2) is 42.5 Å². The lowest BCUT2D eigenvalue weighted by molar-refractivity contribution is 0.0632. The van der Waals surface area contributed by atoms with Crippen LogP contribution in [-0.4, -0.2) is 60.3 Å². The predicted octanol–water partition coefficient (Wildman–Crippen LogP) is 4.20. The number of ether oxygens (including phenoxy) is 3. The molecule has 2 aliphatic heterocycles. The van der Waals surface area contributed by atoms with Gasteiger partial charge in [0.05, 0.1) is 12.3 Å². The number of aryl methyl sites for hydroxylation is 1. The van der Waals surface area contributed by atoms with Crippen molar-refractivity contribution in [2.24, 2.45) is 0 Å². The molecule has 7 nitrogen and oxygen atoms in total. The van der Waals surface area contributed by atoms with Crippen molar-refractivity contribution in [1.82, 2.24) is 14.8 Å². The van der Waals surface area contributed by atoms with E-state index in [4.69, 9.17) is 14.2 Å². The van der Waals surface area contributed by atoms with Gasteiger partial charge in [0.25, 0.3) is 5.91 Å². The number of thiazole rings is 1. The number of carbonyl (C=O) groups excluding carboxylic acids is 1. The van der Waals surface area contributed by atoms with E-state index in [1.807, 2.05) is 55.1 Å². The van der Waals surface area contributed by atoms with E-state index in [-0.39, 0.29) is 12.7 Å². The molecule has 1 saturated heterocycles. The van der Waals surface area contributed by atoms with Crippen LogP contribution in [0.3, 0.4) is 0 Å². The first-order valence-corrected chi connectivity index (χ1v) is 12.0. The number of amides is 1. The van der Waals surface area contributed by atoms with Gasteiger partial charge in [0, 0.05) is 38.3 Å². The van der Waals surface area contributed by atoms with Crippen molar-refractivity contribution in [1.29, 1.82) is 0 Å². The quantitative estimate of drug-likeness (QED) is 0.544. The van der Waals surface area contributed by atoms with E-state index in [1.54, 1.807) is 0 Å². The second-order valence-corrected chi connectivity index (χ2v) is 9.15. The molecule has 0 aliphatic carbocycles. The molecule has 0 spiro atoms. The second kappa shape index (κ2) is 9.41. The third-order valence-electron chi connectivity index (χ3n) is 5.91. The van der Waals surface area contributed by atoms with E-state index < -0.39 is 0 Å². The Bertz CT molecular complexity index is 1140. The standard InChI is InChI=1S/C25H27N3O4S/c1-3-30-20-7-5-19(6-8-20)24-26-17(2)23(33-24)25(29)28-12-10-27(11-13-28)15-18-4-9-21-22(14-18)32-16-31-21/h4-9,14H,3,10-13,15-16H2,1-2H3. The van der Waals surface area contributed by atoms with Gasteiger partial charge in [-0.2, -0.15) is 0 Å². The number of benzene rings is 2. The summed E-state index contributed by atoms with van der Waals surface area (Å²) in [5.74, 6) is 2.53. The van der Waals surface area contributed by atoms with Gasteiger partial charge in [0.15, 0.2) is 11.5 Å². The summed E-state index contributed by atoms with van der Waals surface area (Å²) in [5, 5.41) is 0.861. The molecule has 0 N–H and O–H groups in total. The fourth-order valence-electron chi connectivity index (χ4n) is 4.13. The van der Waals surface area contributed by atoms with Crippen LogP contribution in [0, 0.1) is 6.92 Å². The first kappa shape index (κ1) is 21.7. The maximum Gasteiger partial charge on any atom is 0.265 e. The van der Waals surface area contributed by atoms with Gasteiger partial charge in [-0.15, -0.1) is 11.3 Å². The monoisotopic (exact) mass is 465 g/mol. The Labute approximate surface area is 197 Å². The summed E-state index contributed by atoms with van der Waals surface area (Å²) in [6.45, 7) is 8.73. The van der Waals surface area contributed by atoms with Gasteiger partial charge in [0.2, 0.25) is 6.79 Å². The highest BCUT2D eigenvalue weighted by Gasteiger charge is 2.26. The summed E-state index contributed by atoms with van der Waals surface area (Å²) < 4.78 is 16.4. The lowest BCUT2D eigenvalue weighted by Crippen LogP contribution is -2.48. The number of fused-ring (bicyclic) bond motifs is 1. The topological polar surface area (TPSA) is 64.1 Å². The molecule has 1 aromatic heterocycles. The Hall–Kier alpha value is -3.10. The van der Waals surface area contributed by atoms with Crippen molar-refractivity contribution in [3.63, 3.8) is 0 Å². The third kappa shape index (κ3) is 4.67. The Morgan fingerprint density at radius 3 is 2.58 bits per heavy atom. The molecule has 0 radical (unpaired) electrons. The van der Waals surface area contributed by atoms with E-state index in [0.717, 1.165) is 58.0 Å². The van der Waals surface area contributed by atoms with Crippen LogP contribution in [0.25, 0.3) is 10.6 Å². The summed E-state index contributed by atoms with van der Waals surface area (Å²) in [7, 11) is 0. The Kier molecular flexibility index (Phi) is 6.20. The largest absolute Gasteiger partial charge is 0.494 e. The highest BCUT2D eigenvalue weighted by Crippen LogP contribution is 2.33. The molecule has 1 fully saturated rings. The third-order valence-corrected chi connectivity index (χ3v) is 7.10. The van der Waals surface area contributed by atoms with Crippen LogP contribution < -0.4 is 14.2 Å². The molecule has 2 aliphatic rings. The van der Waals surface area contributed by atoms with Crippen LogP contribution in [0.4, 0.5) is 0 Å². The van der Waals surface area contributed by atoms with Crippen molar-refractivity contribution in [2.75, 3.05) is 39.6 Å². The van der Waals surface area contributed by atoms with E-state index >= 15 is 0 Å². The SMILES string of the molecule is CCOc1ccc(-c2nc(C)c(C(=O)N3CCN(Cc4ccc5c(c4)OCO5)CC3)s2)cc1. The maximum atomic E-state index is 13.2. The molecule has 0 saturated carbocycles. The first-order chi connectivity index (χ1) is 16.1. The van der Waals surface area contributed by atoms with Crippen LogP contribution >= 0.6 is 11.3 Å². The molecule has 0 bridgehead atoms. The molecule has 3 heterocycles. The molecule has 8 heteroatoms. The Morgan fingerprint density at radius 2 is 1.82 bits per heavy atom. The summed E-state index contributed by atoms with van der Waals surface area (Å²) in [4.78, 5) is 22.9. The summed E-state index contributed by atoms with van der Waals surface area (Å²) in [5.41, 5.74) is 2.98. The zero-order valence-electron chi connectivity index (χ0n) is 18.9. The number of hydrogen-bond donors (Lipinski definition) is 0. The van der Waals surface area contributed by atoms with E-state index in [2.05, 4.69) is 16.0 Å². The van der Waals surface area contributed by atoms with Crippen LogP contribution in [0.5, 0.6) is 17.2 Å². The van der Waals surface area contributed by atoms with E-state index in [9.17, 15) is 4.79 Å². The normalized spacial score (nSPS) is 15.6. The highest BCUT2D eigenvalue weighted by atomic mass is 32.1. The van der Waals surface area contributed by atoms with Crippen molar-refractivity contribution >= 4 is 17.2 Å². The van der Waals surface area contributed by atoms with Gasteiger partial charge in [-0.3, -0.25) is 9.69 Å². The molecule has 5 rings (SSSR count). The van der Waals surface area contributed by atoms with Crippen LogP contribution in [-0.2, 0) is 6.54 Å². The fraction of sp³-hybridized carbons (Fsp3) is 0.360. The minimum atomic E-state index is 0.0740. The smallest absolute Gasteiger partial charge is 0.265 e. The van der Waals surface area contributed by atoms with Crippen molar-refractivity contribution in [3.05, 3.63) is 58.6 Å². The van der Waals surface area contributed by atoms with Crippen molar-refractivity contribution in [3.8, 4) is 27.8 Å². The first-order valence-electron chi connectivity index (χ1n) is 11.2. The van der Waals surface area contributed by atoms with Gasteiger partial charge in [-0.25, -0.2) is 4.98 Å². The molecule has 33 heavy (non-hydrogen) atoms. The lowest BCUT2D eigenvalue weighted by Gasteiger charge is -2.34.